The lowest BCUT2D eigenvalue weighted by Gasteiger charge is -2.39. The Bertz CT molecular complexity index is 501. The molecule has 19 heavy (non-hydrogen) atoms. The molecular formula is C17H25NO. The van der Waals surface area contributed by atoms with Gasteiger partial charge >= 0.3 is 0 Å². The zero-order valence-corrected chi connectivity index (χ0v) is 12.5. The van der Waals surface area contributed by atoms with Crippen LogP contribution in [0.25, 0.3) is 0 Å². The molecule has 104 valence electrons. The molecule has 2 aliphatic rings. The topological polar surface area (TPSA) is 23.5 Å². The molecule has 0 radical (unpaired) electrons. The second-order valence-corrected chi connectivity index (χ2v) is 7.38. The van der Waals surface area contributed by atoms with E-state index in [0.29, 0.717) is 5.92 Å². The van der Waals surface area contributed by atoms with Crippen LogP contribution < -0.4 is 0 Å². The molecule has 0 spiro atoms. The summed E-state index contributed by atoms with van der Waals surface area (Å²) in [4.78, 5) is 2.42. The zero-order chi connectivity index (χ0) is 13.8. The molecule has 1 aromatic rings. The molecule has 0 saturated heterocycles. The van der Waals surface area contributed by atoms with E-state index < -0.39 is 0 Å². The summed E-state index contributed by atoms with van der Waals surface area (Å²) in [6, 6.07) is 4.64. The first-order valence-electron chi connectivity index (χ1n) is 7.40. The summed E-state index contributed by atoms with van der Waals surface area (Å²) in [6.45, 7) is 8.92. The van der Waals surface area contributed by atoms with Crippen molar-refractivity contribution in [2.45, 2.75) is 57.6 Å². The van der Waals surface area contributed by atoms with Crippen molar-refractivity contribution in [3.8, 4) is 0 Å². The summed E-state index contributed by atoms with van der Waals surface area (Å²) in [5.74, 6) is 0.626. The Morgan fingerprint density at radius 3 is 2.63 bits per heavy atom. The van der Waals surface area contributed by atoms with Crippen LogP contribution in [-0.4, -0.2) is 23.6 Å². The van der Waals surface area contributed by atoms with Gasteiger partial charge in [0.15, 0.2) is 0 Å². The first-order chi connectivity index (χ1) is 8.86. The maximum atomic E-state index is 10.4. The summed E-state index contributed by atoms with van der Waals surface area (Å²) < 4.78 is 0. The van der Waals surface area contributed by atoms with Crippen LogP contribution in [0.1, 0.15) is 67.9 Å². The first-order valence-corrected chi connectivity index (χ1v) is 7.40. The van der Waals surface area contributed by atoms with Crippen LogP contribution in [0.4, 0.5) is 0 Å². The van der Waals surface area contributed by atoms with Crippen LogP contribution in [0, 0.1) is 0 Å². The Labute approximate surface area is 116 Å². The van der Waals surface area contributed by atoms with Gasteiger partial charge in [-0.2, -0.15) is 0 Å². The second kappa shape index (κ2) is 4.32. The number of hydrogen-bond donors (Lipinski definition) is 1. The maximum Gasteiger partial charge on any atom is 0.0793 e. The normalized spacial score (nSPS) is 27.2. The molecule has 3 rings (SSSR count). The molecule has 1 N–H and O–H groups in total. The number of aliphatic hydroxyl groups is 1. The molecule has 1 aliphatic heterocycles. The summed E-state index contributed by atoms with van der Waals surface area (Å²) in [7, 11) is 2.21. The van der Waals surface area contributed by atoms with Crippen LogP contribution in [0.2, 0.25) is 0 Å². The van der Waals surface area contributed by atoms with Gasteiger partial charge in [0.2, 0.25) is 0 Å². The average Bonchev–Trinajstić information content (AvgIpc) is 2.31. The smallest absolute Gasteiger partial charge is 0.0793 e. The highest BCUT2D eigenvalue weighted by molar-refractivity contribution is 5.47. The highest BCUT2D eigenvalue weighted by Crippen LogP contribution is 2.44. The van der Waals surface area contributed by atoms with Gasteiger partial charge in [0.25, 0.3) is 0 Å². The fourth-order valence-corrected chi connectivity index (χ4v) is 3.65. The highest BCUT2D eigenvalue weighted by Gasteiger charge is 2.33. The van der Waals surface area contributed by atoms with Crippen molar-refractivity contribution in [3.63, 3.8) is 0 Å². The van der Waals surface area contributed by atoms with Crippen LogP contribution >= 0.6 is 0 Å². The molecule has 0 fully saturated rings. The van der Waals surface area contributed by atoms with Crippen molar-refractivity contribution in [2.75, 3.05) is 13.6 Å². The summed E-state index contributed by atoms with van der Waals surface area (Å²) in [5, 5.41) is 10.4. The minimum atomic E-state index is -0.254. The Balaban J connectivity index is 2.18. The Kier molecular flexibility index (Phi) is 2.99. The van der Waals surface area contributed by atoms with Gasteiger partial charge in [-0.05, 0) is 53.5 Å². The minimum Gasteiger partial charge on any atom is -0.388 e. The van der Waals surface area contributed by atoms with Crippen molar-refractivity contribution in [1.29, 1.82) is 0 Å². The lowest BCUT2D eigenvalue weighted by atomic mass is 9.73. The van der Waals surface area contributed by atoms with Crippen molar-refractivity contribution < 1.29 is 5.11 Å². The number of hydrogen-bond acceptors (Lipinski definition) is 2. The molecule has 1 heterocycles. The van der Waals surface area contributed by atoms with Crippen LogP contribution in [-0.2, 0) is 12.0 Å². The fraction of sp³-hybridized carbons (Fsp3) is 0.647. The fourth-order valence-electron chi connectivity index (χ4n) is 3.65. The Hall–Kier alpha value is -0.860. The predicted molar refractivity (Wildman–Crippen MR) is 78.4 cm³/mol. The predicted octanol–water partition coefficient (Wildman–Crippen LogP) is 3.34. The summed E-state index contributed by atoms with van der Waals surface area (Å²) in [5.41, 5.74) is 5.63. The minimum absolute atomic E-state index is 0.147. The van der Waals surface area contributed by atoms with E-state index in [4.69, 9.17) is 0 Å². The van der Waals surface area contributed by atoms with Gasteiger partial charge in [0.1, 0.15) is 0 Å². The monoisotopic (exact) mass is 259 g/mol. The van der Waals surface area contributed by atoms with Crippen LogP contribution in [0.3, 0.4) is 0 Å². The molecule has 2 unspecified atom stereocenters. The molecular weight excluding hydrogens is 234 g/mol. The van der Waals surface area contributed by atoms with Crippen molar-refractivity contribution in [1.82, 2.24) is 4.90 Å². The van der Waals surface area contributed by atoms with E-state index in [1.165, 1.54) is 22.3 Å². The van der Waals surface area contributed by atoms with E-state index in [0.717, 1.165) is 25.9 Å². The van der Waals surface area contributed by atoms with Gasteiger partial charge in [-0.15, -0.1) is 0 Å². The number of rotatable bonds is 0. The van der Waals surface area contributed by atoms with Gasteiger partial charge in [0, 0.05) is 13.1 Å². The number of nitrogens with zero attached hydrogens (tertiary/aromatic N) is 1. The van der Waals surface area contributed by atoms with E-state index in [-0.39, 0.29) is 11.5 Å². The Morgan fingerprint density at radius 2 is 1.95 bits per heavy atom. The van der Waals surface area contributed by atoms with Gasteiger partial charge < -0.3 is 10.0 Å². The first kappa shape index (κ1) is 13.1. The third-order valence-corrected chi connectivity index (χ3v) is 4.69. The molecule has 1 aromatic carbocycles. The second-order valence-electron chi connectivity index (χ2n) is 7.38. The Morgan fingerprint density at radius 1 is 1.21 bits per heavy atom. The molecule has 0 bridgehead atoms. The van der Waals surface area contributed by atoms with Gasteiger partial charge in [0.05, 0.1) is 6.10 Å². The van der Waals surface area contributed by atoms with Gasteiger partial charge in [-0.25, -0.2) is 0 Å². The number of aliphatic hydroxyl groups excluding tert-OH is 1. The van der Waals surface area contributed by atoms with Crippen molar-refractivity contribution in [2.24, 2.45) is 0 Å². The van der Waals surface area contributed by atoms with Gasteiger partial charge in [-0.3, -0.25) is 0 Å². The molecule has 0 aromatic heterocycles. The molecule has 0 amide bonds. The largest absolute Gasteiger partial charge is 0.388 e. The quantitative estimate of drug-likeness (QED) is 0.772. The average molecular weight is 259 g/mol. The third-order valence-electron chi connectivity index (χ3n) is 4.69. The highest BCUT2D eigenvalue weighted by atomic mass is 16.3. The maximum absolute atomic E-state index is 10.4. The SMILES string of the molecule is CN1Cc2cc(C(C)(C)C)cc3c2C(CCC3O)C1. The molecule has 2 atom stereocenters. The van der Waals surface area contributed by atoms with Crippen LogP contribution in [0.15, 0.2) is 12.1 Å². The number of benzene rings is 1. The van der Waals surface area contributed by atoms with Crippen LogP contribution in [0.5, 0.6) is 0 Å². The van der Waals surface area contributed by atoms with E-state index >= 15 is 0 Å². The third kappa shape index (κ3) is 2.21. The van der Waals surface area contributed by atoms with Gasteiger partial charge in [-0.1, -0.05) is 32.9 Å². The number of likely N-dealkylation sites (N-methyl/N-ethyl adjacent to an activating group) is 1. The molecule has 2 nitrogen and oxygen atoms in total. The van der Waals surface area contributed by atoms with E-state index in [1.807, 2.05) is 0 Å². The van der Waals surface area contributed by atoms with E-state index in [1.54, 1.807) is 0 Å². The van der Waals surface area contributed by atoms with Crippen molar-refractivity contribution >= 4 is 0 Å². The molecule has 0 saturated carbocycles. The van der Waals surface area contributed by atoms with Crippen molar-refractivity contribution in [3.05, 3.63) is 34.4 Å². The summed E-state index contributed by atoms with van der Waals surface area (Å²) in [6.07, 6.45) is 1.79. The standard InChI is InChI=1S/C17H25NO/c1-17(2,3)13-7-12-10-18(4)9-11-5-6-15(19)14(8-13)16(11)12/h7-8,11,15,19H,5-6,9-10H2,1-4H3. The molecule has 2 heteroatoms. The lowest BCUT2D eigenvalue weighted by molar-refractivity contribution is 0.139. The summed E-state index contributed by atoms with van der Waals surface area (Å²) >= 11 is 0. The lowest BCUT2D eigenvalue weighted by Crippen LogP contribution is -2.34. The molecule has 1 aliphatic carbocycles. The zero-order valence-electron chi connectivity index (χ0n) is 12.5. The van der Waals surface area contributed by atoms with E-state index in [2.05, 4.69) is 44.9 Å². The van der Waals surface area contributed by atoms with E-state index in [9.17, 15) is 5.11 Å².